The minimum atomic E-state index is -0.163. The highest BCUT2D eigenvalue weighted by Crippen LogP contribution is 2.08. The zero-order chi connectivity index (χ0) is 17.4. The van der Waals surface area contributed by atoms with Crippen LogP contribution in [0.3, 0.4) is 0 Å². The highest BCUT2D eigenvalue weighted by Gasteiger charge is 2.13. The fourth-order valence-corrected chi connectivity index (χ4v) is 2.77. The Hall–Kier alpha value is -2.40. The van der Waals surface area contributed by atoms with Crippen molar-refractivity contribution in [2.75, 3.05) is 13.1 Å². The standard InChI is InChI=1S/C19H22N2O2S/c1-3-21(14-18(22)20-13-17-5-4-12-24-17)19(23)11-10-16-8-6-15(2)7-9-16/h4-12H,3,13-14H2,1-2H3,(H,20,22). The van der Waals surface area contributed by atoms with Crippen LogP contribution in [0, 0.1) is 6.92 Å². The summed E-state index contributed by atoms with van der Waals surface area (Å²) in [6.07, 6.45) is 3.29. The van der Waals surface area contributed by atoms with Crippen LogP contribution in [0.2, 0.25) is 0 Å². The third kappa shape index (κ3) is 5.66. The molecule has 1 aromatic heterocycles. The highest BCUT2D eigenvalue weighted by molar-refractivity contribution is 7.09. The molecule has 0 bridgehead atoms. The maximum Gasteiger partial charge on any atom is 0.247 e. The molecule has 0 aliphatic rings. The van der Waals surface area contributed by atoms with E-state index in [-0.39, 0.29) is 18.4 Å². The smallest absolute Gasteiger partial charge is 0.247 e. The van der Waals surface area contributed by atoms with E-state index in [0.717, 1.165) is 10.4 Å². The molecule has 0 spiro atoms. The molecule has 126 valence electrons. The quantitative estimate of drug-likeness (QED) is 0.785. The SMILES string of the molecule is CCN(CC(=O)NCc1cccs1)C(=O)C=Cc1ccc(C)cc1. The second-order valence-corrected chi connectivity index (χ2v) is 6.48. The summed E-state index contributed by atoms with van der Waals surface area (Å²) in [5, 5.41) is 4.81. The van der Waals surface area contributed by atoms with Gasteiger partial charge in [0.2, 0.25) is 11.8 Å². The topological polar surface area (TPSA) is 49.4 Å². The van der Waals surface area contributed by atoms with Crippen LogP contribution in [0.1, 0.15) is 22.9 Å². The van der Waals surface area contributed by atoms with Gasteiger partial charge in [0.05, 0.1) is 13.1 Å². The summed E-state index contributed by atoms with van der Waals surface area (Å²) >= 11 is 1.60. The van der Waals surface area contributed by atoms with Crippen LogP contribution in [0.15, 0.2) is 47.9 Å². The van der Waals surface area contributed by atoms with Gasteiger partial charge in [-0.3, -0.25) is 9.59 Å². The molecule has 0 radical (unpaired) electrons. The average molecular weight is 342 g/mol. The van der Waals surface area contributed by atoms with Gasteiger partial charge in [-0.1, -0.05) is 35.9 Å². The molecule has 0 aliphatic carbocycles. The minimum Gasteiger partial charge on any atom is -0.350 e. The normalized spacial score (nSPS) is 10.8. The minimum absolute atomic E-state index is 0.0684. The number of hydrogen-bond acceptors (Lipinski definition) is 3. The zero-order valence-electron chi connectivity index (χ0n) is 14.0. The molecule has 4 nitrogen and oxygen atoms in total. The fourth-order valence-electron chi connectivity index (χ4n) is 2.12. The molecule has 0 saturated carbocycles. The first kappa shape index (κ1) is 17.9. The molecule has 2 amide bonds. The van der Waals surface area contributed by atoms with E-state index in [9.17, 15) is 9.59 Å². The van der Waals surface area contributed by atoms with Crippen LogP contribution >= 0.6 is 11.3 Å². The maximum atomic E-state index is 12.2. The van der Waals surface area contributed by atoms with Gasteiger partial charge >= 0.3 is 0 Å². The van der Waals surface area contributed by atoms with Crippen LogP contribution in [-0.4, -0.2) is 29.8 Å². The number of thiophene rings is 1. The zero-order valence-corrected chi connectivity index (χ0v) is 14.8. The van der Waals surface area contributed by atoms with E-state index in [1.54, 1.807) is 17.4 Å². The summed E-state index contributed by atoms with van der Waals surface area (Å²) in [6.45, 7) is 4.94. The lowest BCUT2D eigenvalue weighted by Gasteiger charge is -2.18. The molecule has 0 fully saturated rings. The predicted octanol–water partition coefficient (Wildman–Crippen LogP) is 3.23. The van der Waals surface area contributed by atoms with Crippen molar-refractivity contribution in [1.82, 2.24) is 10.2 Å². The Labute approximate surface area is 146 Å². The summed E-state index contributed by atoms with van der Waals surface area (Å²) in [6, 6.07) is 11.8. The Kier molecular flexibility index (Phi) is 6.75. The van der Waals surface area contributed by atoms with E-state index < -0.39 is 0 Å². The number of rotatable bonds is 7. The van der Waals surface area contributed by atoms with Crippen LogP contribution in [0.5, 0.6) is 0 Å². The first-order valence-corrected chi connectivity index (χ1v) is 8.79. The molecule has 5 heteroatoms. The van der Waals surface area contributed by atoms with Gasteiger partial charge in [0.25, 0.3) is 0 Å². The number of aryl methyl sites for hydroxylation is 1. The van der Waals surface area contributed by atoms with Crippen molar-refractivity contribution in [1.29, 1.82) is 0 Å². The largest absolute Gasteiger partial charge is 0.350 e. The number of benzene rings is 1. The second kappa shape index (κ2) is 9.03. The summed E-state index contributed by atoms with van der Waals surface area (Å²) in [5.41, 5.74) is 2.14. The lowest BCUT2D eigenvalue weighted by atomic mass is 10.1. The number of hydrogen-bond donors (Lipinski definition) is 1. The van der Waals surface area contributed by atoms with Gasteiger partial charge in [-0.05, 0) is 36.9 Å². The molecule has 0 unspecified atom stereocenters. The Balaban J connectivity index is 1.86. The fraction of sp³-hybridized carbons (Fsp3) is 0.263. The van der Waals surface area contributed by atoms with E-state index in [4.69, 9.17) is 0 Å². The van der Waals surface area contributed by atoms with Crippen molar-refractivity contribution >= 4 is 29.2 Å². The van der Waals surface area contributed by atoms with Gasteiger partial charge in [0, 0.05) is 17.5 Å². The van der Waals surface area contributed by atoms with E-state index >= 15 is 0 Å². The van der Waals surface area contributed by atoms with Crippen molar-refractivity contribution in [3.8, 4) is 0 Å². The van der Waals surface area contributed by atoms with Gasteiger partial charge in [-0.15, -0.1) is 11.3 Å². The van der Waals surface area contributed by atoms with E-state index in [1.165, 1.54) is 16.5 Å². The number of carbonyl (C=O) groups excluding carboxylic acids is 2. The summed E-state index contributed by atoms with van der Waals surface area (Å²) < 4.78 is 0. The lowest BCUT2D eigenvalue weighted by molar-refractivity contribution is -0.132. The Morgan fingerprint density at radius 3 is 2.58 bits per heavy atom. The Morgan fingerprint density at radius 1 is 1.21 bits per heavy atom. The molecule has 2 aromatic rings. The molecule has 0 saturated heterocycles. The van der Waals surface area contributed by atoms with E-state index in [2.05, 4.69) is 5.32 Å². The van der Waals surface area contributed by atoms with Crippen molar-refractivity contribution in [3.63, 3.8) is 0 Å². The van der Waals surface area contributed by atoms with Crippen LogP contribution < -0.4 is 5.32 Å². The number of likely N-dealkylation sites (N-methyl/N-ethyl adjacent to an activating group) is 1. The molecule has 1 aromatic carbocycles. The van der Waals surface area contributed by atoms with E-state index in [0.29, 0.717) is 13.1 Å². The van der Waals surface area contributed by atoms with Gasteiger partial charge < -0.3 is 10.2 Å². The predicted molar refractivity (Wildman–Crippen MR) is 98.6 cm³/mol. The molecule has 1 N–H and O–H groups in total. The summed E-state index contributed by atoms with van der Waals surface area (Å²) in [5.74, 6) is -0.313. The Morgan fingerprint density at radius 2 is 1.96 bits per heavy atom. The molecule has 1 heterocycles. The average Bonchev–Trinajstić information content (AvgIpc) is 3.10. The van der Waals surface area contributed by atoms with E-state index in [1.807, 2.05) is 55.6 Å². The number of nitrogens with one attached hydrogen (secondary N) is 1. The van der Waals surface area contributed by atoms with Crippen molar-refractivity contribution in [2.45, 2.75) is 20.4 Å². The maximum absolute atomic E-state index is 12.2. The molecule has 2 rings (SSSR count). The molecule has 24 heavy (non-hydrogen) atoms. The number of carbonyl (C=O) groups is 2. The Bertz CT molecular complexity index is 691. The van der Waals surface area contributed by atoms with Crippen LogP contribution in [0.4, 0.5) is 0 Å². The summed E-state index contributed by atoms with van der Waals surface area (Å²) in [7, 11) is 0. The van der Waals surface area contributed by atoms with Crippen molar-refractivity contribution < 1.29 is 9.59 Å². The third-order valence-corrected chi connectivity index (χ3v) is 4.44. The van der Waals surface area contributed by atoms with Crippen molar-refractivity contribution in [2.24, 2.45) is 0 Å². The lowest BCUT2D eigenvalue weighted by Crippen LogP contribution is -2.39. The first-order valence-electron chi connectivity index (χ1n) is 7.91. The third-order valence-electron chi connectivity index (χ3n) is 3.56. The summed E-state index contributed by atoms with van der Waals surface area (Å²) in [4.78, 5) is 26.9. The van der Waals surface area contributed by atoms with Gasteiger partial charge in [-0.25, -0.2) is 0 Å². The van der Waals surface area contributed by atoms with Crippen LogP contribution in [0.25, 0.3) is 6.08 Å². The second-order valence-electron chi connectivity index (χ2n) is 5.45. The van der Waals surface area contributed by atoms with Gasteiger partial charge in [0.15, 0.2) is 0 Å². The van der Waals surface area contributed by atoms with Crippen molar-refractivity contribution in [3.05, 3.63) is 63.9 Å². The molecule has 0 atom stereocenters. The van der Waals surface area contributed by atoms with Crippen LogP contribution in [-0.2, 0) is 16.1 Å². The van der Waals surface area contributed by atoms with Gasteiger partial charge in [0.1, 0.15) is 0 Å². The molecule has 0 aliphatic heterocycles. The number of nitrogens with zero attached hydrogens (tertiary/aromatic N) is 1. The highest BCUT2D eigenvalue weighted by atomic mass is 32.1. The number of amides is 2. The first-order chi connectivity index (χ1) is 11.6. The molecular formula is C19H22N2O2S. The monoisotopic (exact) mass is 342 g/mol. The van der Waals surface area contributed by atoms with Gasteiger partial charge in [-0.2, -0.15) is 0 Å². The molecular weight excluding hydrogens is 320 g/mol.